The molecular weight excluding hydrogens is 357 g/mol. The van der Waals surface area contributed by atoms with Gasteiger partial charge < -0.3 is 9.80 Å². The monoisotopic (exact) mass is 385 g/mol. The second kappa shape index (κ2) is 7.53. The molecule has 1 aromatic carbocycles. The van der Waals surface area contributed by atoms with Crippen LogP contribution in [0.3, 0.4) is 0 Å². The van der Waals surface area contributed by atoms with Gasteiger partial charge in [-0.2, -0.15) is 5.10 Å². The normalized spacial score (nSPS) is 23.7. The molecule has 4 rings (SSSR count). The SMILES string of the molecule is CC1(C)C[C@@H]2CN(C(=O)CCCn3cncn3)CC[C@@H]2N1c1cccc(F)c1. The molecule has 2 saturated heterocycles. The van der Waals surface area contributed by atoms with Crippen LogP contribution in [0.25, 0.3) is 0 Å². The summed E-state index contributed by atoms with van der Waals surface area (Å²) in [6.45, 7) is 6.72. The summed E-state index contributed by atoms with van der Waals surface area (Å²) in [6, 6.07) is 7.25. The van der Waals surface area contributed by atoms with Crippen molar-refractivity contribution in [3.8, 4) is 0 Å². The molecule has 1 aromatic heterocycles. The van der Waals surface area contributed by atoms with Crippen molar-refractivity contribution in [2.45, 2.75) is 57.7 Å². The summed E-state index contributed by atoms with van der Waals surface area (Å²) < 4.78 is 15.6. The third-order valence-corrected chi connectivity index (χ3v) is 6.12. The number of benzene rings is 1. The molecule has 0 unspecified atom stereocenters. The smallest absolute Gasteiger partial charge is 0.222 e. The number of nitrogens with zero attached hydrogens (tertiary/aromatic N) is 5. The van der Waals surface area contributed by atoms with E-state index in [9.17, 15) is 9.18 Å². The number of piperidine rings is 1. The highest BCUT2D eigenvalue weighted by Gasteiger charge is 2.48. The van der Waals surface area contributed by atoms with Crippen molar-refractivity contribution in [3.63, 3.8) is 0 Å². The van der Waals surface area contributed by atoms with Gasteiger partial charge >= 0.3 is 0 Å². The second-order valence-electron chi connectivity index (χ2n) is 8.58. The molecule has 2 aliphatic rings. The molecule has 2 aromatic rings. The topological polar surface area (TPSA) is 54.3 Å². The summed E-state index contributed by atoms with van der Waals surface area (Å²) in [5.41, 5.74) is 0.903. The van der Waals surface area contributed by atoms with Gasteiger partial charge in [0.2, 0.25) is 5.91 Å². The van der Waals surface area contributed by atoms with Gasteiger partial charge in [0, 0.05) is 43.3 Å². The highest BCUT2D eigenvalue weighted by Crippen LogP contribution is 2.44. The molecule has 3 heterocycles. The van der Waals surface area contributed by atoms with Crippen LogP contribution in [-0.2, 0) is 11.3 Å². The number of likely N-dealkylation sites (tertiary alicyclic amines) is 1. The molecule has 150 valence electrons. The predicted octanol–water partition coefficient (Wildman–Crippen LogP) is 3.10. The maximum Gasteiger partial charge on any atom is 0.222 e. The molecule has 28 heavy (non-hydrogen) atoms. The third-order valence-electron chi connectivity index (χ3n) is 6.12. The number of carbonyl (C=O) groups excluding carboxylic acids is 1. The number of halogens is 1. The van der Waals surface area contributed by atoms with Crippen molar-refractivity contribution in [1.82, 2.24) is 19.7 Å². The molecule has 0 radical (unpaired) electrons. The zero-order valence-corrected chi connectivity index (χ0v) is 16.6. The lowest BCUT2D eigenvalue weighted by Gasteiger charge is -2.42. The minimum Gasteiger partial charge on any atom is -0.363 e. The van der Waals surface area contributed by atoms with E-state index >= 15 is 0 Å². The molecule has 6 nitrogen and oxygen atoms in total. The first kappa shape index (κ1) is 18.9. The second-order valence-corrected chi connectivity index (χ2v) is 8.58. The molecule has 2 fully saturated rings. The largest absolute Gasteiger partial charge is 0.363 e. The van der Waals surface area contributed by atoms with Gasteiger partial charge in [-0.15, -0.1) is 0 Å². The maximum atomic E-state index is 13.8. The third kappa shape index (κ3) is 3.75. The van der Waals surface area contributed by atoms with Crippen molar-refractivity contribution < 1.29 is 9.18 Å². The Labute approximate surface area is 165 Å². The average Bonchev–Trinajstić information content (AvgIpc) is 3.25. The maximum absolute atomic E-state index is 13.8. The molecule has 1 amide bonds. The zero-order chi connectivity index (χ0) is 19.7. The lowest BCUT2D eigenvalue weighted by atomic mass is 9.89. The number of aryl methyl sites for hydroxylation is 1. The van der Waals surface area contributed by atoms with Crippen LogP contribution in [0.2, 0.25) is 0 Å². The van der Waals surface area contributed by atoms with Crippen LogP contribution in [0.15, 0.2) is 36.9 Å². The van der Waals surface area contributed by atoms with Crippen molar-refractivity contribution >= 4 is 11.6 Å². The van der Waals surface area contributed by atoms with Crippen LogP contribution in [0.1, 0.15) is 39.5 Å². The molecule has 0 bridgehead atoms. The summed E-state index contributed by atoms with van der Waals surface area (Å²) in [5, 5.41) is 4.08. The highest BCUT2D eigenvalue weighted by molar-refractivity contribution is 5.76. The van der Waals surface area contributed by atoms with E-state index in [0.717, 1.165) is 38.0 Å². The van der Waals surface area contributed by atoms with E-state index in [0.29, 0.717) is 24.9 Å². The van der Waals surface area contributed by atoms with Crippen LogP contribution >= 0.6 is 0 Å². The van der Waals surface area contributed by atoms with E-state index in [-0.39, 0.29) is 17.3 Å². The fourth-order valence-electron chi connectivity index (χ4n) is 5.04. The van der Waals surface area contributed by atoms with Crippen molar-refractivity contribution in [2.75, 3.05) is 18.0 Å². The molecule has 2 aliphatic heterocycles. The number of anilines is 1. The van der Waals surface area contributed by atoms with Crippen LogP contribution in [-0.4, -0.2) is 50.2 Å². The number of amides is 1. The summed E-state index contributed by atoms with van der Waals surface area (Å²) in [5.74, 6) is 0.448. The number of aromatic nitrogens is 3. The molecule has 2 atom stereocenters. The molecule has 0 spiro atoms. The number of fused-ring (bicyclic) bond motifs is 1. The van der Waals surface area contributed by atoms with Gasteiger partial charge in [0.05, 0.1) is 0 Å². The van der Waals surface area contributed by atoms with Crippen LogP contribution in [0.5, 0.6) is 0 Å². The number of rotatable bonds is 5. The number of hydrogen-bond donors (Lipinski definition) is 0. The van der Waals surface area contributed by atoms with Gasteiger partial charge in [-0.3, -0.25) is 9.48 Å². The van der Waals surface area contributed by atoms with Crippen molar-refractivity contribution in [3.05, 3.63) is 42.7 Å². The lowest BCUT2D eigenvalue weighted by molar-refractivity contribution is -0.133. The quantitative estimate of drug-likeness (QED) is 0.794. The van der Waals surface area contributed by atoms with Crippen molar-refractivity contribution in [1.29, 1.82) is 0 Å². The standard InChI is InChI=1S/C21H28FN5O/c1-21(2)12-16-13-25(20(28)7-4-9-26-15-23-14-24-26)10-8-19(16)27(21)18-6-3-5-17(22)11-18/h3,5-6,11,14-16,19H,4,7-10,12-13H2,1-2H3/t16-,19+/m1/s1. The molecule has 0 N–H and O–H groups in total. The minimum atomic E-state index is -0.197. The van der Waals surface area contributed by atoms with E-state index in [1.54, 1.807) is 23.1 Å². The predicted molar refractivity (Wildman–Crippen MR) is 105 cm³/mol. The zero-order valence-electron chi connectivity index (χ0n) is 16.6. The Morgan fingerprint density at radius 3 is 2.96 bits per heavy atom. The Hall–Kier alpha value is -2.44. The van der Waals surface area contributed by atoms with Crippen LogP contribution in [0, 0.1) is 11.7 Å². The Morgan fingerprint density at radius 1 is 1.36 bits per heavy atom. The first-order valence-electron chi connectivity index (χ1n) is 10.1. The van der Waals surface area contributed by atoms with Gasteiger partial charge in [0.1, 0.15) is 18.5 Å². The highest BCUT2D eigenvalue weighted by atomic mass is 19.1. The Morgan fingerprint density at radius 2 is 2.21 bits per heavy atom. The Kier molecular flexibility index (Phi) is 5.08. The van der Waals surface area contributed by atoms with Gasteiger partial charge in [-0.05, 0) is 57.2 Å². The number of hydrogen-bond acceptors (Lipinski definition) is 4. The molecule has 7 heteroatoms. The fraction of sp³-hybridized carbons (Fsp3) is 0.571. The molecule has 0 saturated carbocycles. The van der Waals surface area contributed by atoms with Gasteiger partial charge in [0.25, 0.3) is 0 Å². The first-order valence-corrected chi connectivity index (χ1v) is 10.1. The van der Waals surface area contributed by atoms with Gasteiger partial charge in [-0.1, -0.05) is 6.07 Å². The fourth-order valence-corrected chi connectivity index (χ4v) is 5.04. The van der Waals surface area contributed by atoms with Crippen LogP contribution < -0.4 is 4.90 Å². The summed E-state index contributed by atoms with van der Waals surface area (Å²) in [6.07, 6.45) is 6.44. The van der Waals surface area contributed by atoms with Gasteiger partial charge in [-0.25, -0.2) is 9.37 Å². The molecular formula is C21H28FN5O. The minimum absolute atomic E-state index is 0.0464. The van der Waals surface area contributed by atoms with Gasteiger partial charge in [0.15, 0.2) is 0 Å². The van der Waals surface area contributed by atoms with E-state index in [2.05, 4.69) is 28.8 Å². The Bertz CT molecular complexity index is 822. The summed E-state index contributed by atoms with van der Waals surface area (Å²) in [4.78, 5) is 21.0. The van der Waals surface area contributed by atoms with E-state index in [1.807, 2.05) is 11.0 Å². The summed E-state index contributed by atoms with van der Waals surface area (Å²) >= 11 is 0. The number of carbonyl (C=O) groups is 1. The van der Waals surface area contributed by atoms with E-state index < -0.39 is 0 Å². The molecule has 0 aliphatic carbocycles. The van der Waals surface area contributed by atoms with Crippen molar-refractivity contribution in [2.24, 2.45) is 5.92 Å². The average molecular weight is 385 g/mol. The van der Waals surface area contributed by atoms with E-state index in [4.69, 9.17) is 0 Å². The Balaban J connectivity index is 1.38. The lowest BCUT2D eigenvalue weighted by Crippen LogP contribution is -2.50. The first-order chi connectivity index (χ1) is 13.4. The van der Waals surface area contributed by atoms with E-state index in [1.165, 1.54) is 12.4 Å². The summed E-state index contributed by atoms with van der Waals surface area (Å²) in [7, 11) is 0. The van der Waals surface area contributed by atoms with Crippen LogP contribution in [0.4, 0.5) is 10.1 Å².